The molecule has 4 rings (SSSR count). The average molecular weight is 446 g/mol. The number of rotatable bonds is 6. The van der Waals surface area contributed by atoms with Gasteiger partial charge in [0.25, 0.3) is 5.91 Å². The number of benzene rings is 1. The first-order chi connectivity index (χ1) is 15.6. The summed E-state index contributed by atoms with van der Waals surface area (Å²) in [5.41, 5.74) is 0.591. The minimum absolute atomic E-state index is 0.0116. The van der Waals surface area contributed by atoms with Gasteiger partial charge in [0.2, 0.25) is 5.91 Å². The number of piperazine rings is 1. The van der Waals surface area contributed by atoms with Crippen molar-refractivity contribution < 1.29 is 23.8 Å². The molecule has 0 aromatic heterocycles. The lowest BCUT2D eigenvalue weighted by atomic mass is 9.94. The third-order valence-corrected chi connectivity index (χ3v) is 7.05. The van der Waals surface area contributed by atoms with Crippen molar-refractivity contribution in [1.29, 1.82) is 0 Å². The highest BCUT2D eigenvalue weighted by Gasteiger charge is 2.39. The molecule has 1 aromatic carbocycles. The van der Waals surface area contributed by atoms with Gasteiger partial charge in [0, 0.05) is 44.8 Å². The second-order valence-corrected chi connectivity index (χ2v) is 8.82. The van der Waals surface area contributed by atoms with Gasteiger partial charge >= 0.3 is 0 Å². The number of methoxy groups -OCH3 is 2. The average Bonchev–Trinajstić information content (AvgIpc) is 3.38. The van der Waals surface area contributed by atoms with E-state index in [9.17, 15) is 9.59 Å². The van der Waals surface area contributed by atoms with Crippen molar-refractivity contribution >= 4 is 11.8 Å². The minimum atomic E-state index is -0.0751. The van der Waals surface area contributed by atoms with E-state index in [1.807, 2.05) is 9.80 Å². The third-order valence-electron chi connectivity index (χ3n) is 7.05. The van der Waals surface area contributed by atoms with E-state index in [1.54, 1.807) is 32.4 Å². The van der Waals surface area contributed by atoms with Gasteiger partial charge in [-0.2, -0.15) is 0 Å². The van der Waals surface area contributed by atoms with Crippen molar-refractivity contribution in [2.24, 2.45) is 5.92 Å². The number of nitrogens with zero attached hydrogens (tertiary/aromatic N) is 3. The van der Waals surface area contributed by atoms with Gasteiger partial charge in [0.05, 0.1) is 33.5 Å². The Hall–Kier alpha value is -2.32. The number of carbonyl (C=O) groups excluding carboxylic acids is 2. The van der Waals surface area contributed by atoms with Crippen LogP contribution in [0.15, 0.2) is 18.2 Å². The SMILES string of the molecule is COc1ccc(C(=O)N2CCN(C(C(=O)N3CCOCC3)C3CCCC3)CC2)cc1OC. The van der Waals surface area contributed by atoms with Crippen molar-refractivity contribution in [3.05, 3.63) is 23.8 Å². The van der Waals surface area contributed by atoms with Crippen LogP contribution in [0.25, 0.3) is 0 Å². The fraction of sp³-hybridized carbons (Fsp3) is 0.667. The van der Waals surface area contributed by atoms with Gasteiger partial charge < -0.3 is 24.0 Å². The molecule has 176 valence electrons. The smallest absolute Gasteiger partial charge is 0.254 e. The summed E-state index contributed by atoms with van der Waals surface area (Å²) in [6.45, 7) is 5.28. The molecule has 2 amide bonds. The van der Waals surface area contributed by atoms with Gasteiger partial charge in [-0.25, -0.2) is 0 Å². The van der Waals surface area contributed by atoms with E-state index in [2.05, 4.69) is 4.90 Å². The molecular formula is C24H35N3O5. The Morgan fingerprint density at radius 2 is 1.56 bits per heavy atom. The summed E-state index contributed by atoms with van der Waals surface area (Å²) in [6, 6.07) is 5.20. The van der Waals surface area contributed by atoms with E-state index in [0.717, 1.165) is 25.9 Å². The lowest BCUT2D eigenvalue weighted by Gasteiger charge is -2.43. The van der Waals surface area contributed by atoms with Gasteiger partial charge in [-0.1, -0.05) is 12.8 Å². The topological polar surface area (TPSA) is 71.6 Å². The quantitative estimate of drug-likeness (QED) is 0.666. The zero-order valence-corrected chi connectivity index (χ0v) is 19.3. The fourth-order valence-electron chi connectivity index (χ4n) is 5.25. The number of hydrogen-bond acceptors (Lipinski definition) is 6. The van der Waals surface area contributed by atoms with E-state index >= 15 is 0 Å². The molecule has 0 spiro atoms. The monoisotopic (exact) mass is 445 g/mol. The fourth-order valence-corrected chi connectivity index (χ4v) is 5.25. The Morgan fingerprint density at radius 1 is 0.906 bits per heavy atom. The van der Waals surface area contributed by atoms with Crippen LogP contribution in [-0.2, 0) is 9.53 Å². The summed E-state index contributed by atoms with van der Waals surface area (Å²) >= 11 is 0. The molecule has 1 atom stereocenters. The standard InChI is InChI=1S/C24H35N3O5/c1-30-20-8-7-19(17-21(20)31-2)23(28)26-11-9-25(10-12-26)22(18-5-3-4-6-18)24(29)27-13-15-32-16-14-27/h7-8,17-18,22H,3-6,9-16H2,1-2H3. The van der Waals surface area contributed by atoms with Crippen molar-refractivity contribution in [2.75, 3.05) is 66.7 Å². The normalized spacial score (nSPS) is 21.4. The van der Waals surface area contributed by atoms with E-state index in [4.69, 9.17) is 14.2 Å². The van der Waals surface area contributed by atoms with Crippen LogP contribution in [0.5, 0.6) is 11.5 Å². The van der Waals surface area contributed by atoms with Gasteiger partial charge in [0.1, 0.15) is 0 Å². The zero-order chi connectivity index (χ0) is 22.5. The van der Waals surface area contributed by atoms with Crippen molar-refractivity contribution in [3.63, 3.8) is 0 Å². The predicted molar refractivity (Wildman–Crippen MR) is 120 cm³/mol. The van der Waals surface area contributed by atoms with Gasteiger partial charge in [-0.05, 0) is 37.0 Å². The summed E-state index contributed by atoms with van der Waals surface area (Å²) in [5.74, 6) is 1.81. The second kappa shape index (κ2) is 10.5. The molecule has 0 bridgehead atoms. The molecule has 2 aliphatic heterocycles. The number of ether oxygens (including phenoxy) is 3. The first kappa shape index (κ1) is 22.9. The predicted octanol–water partition coefficient (Wildman–Crippen LogP) is 1.88. The Balaban J connectivity index is 1.42. The second-order valence-electron chi connectivity index (χ2n) is 8.82. The highest BCUT2D eigenvalue weighted by molar-refractivity contribution is 5.95. The van der Waals surface area contributed by atoms with Gasteiger partial charge in [-0.3, -0.25) is 14.5 Å². The first-order valence-electron chi connectivity index (χ1n) is 11.7. The molecule has 0 N–H and O–H groups in total. The lowest BCUT2D eigenvalue weighted by Crippen LogP contribution is -2.59. The summed E-state index contributed by atoms with van der Waals surface area (Å²) in [5, 5.41) is 0. The van der Waals surface area contributed by atoms with Crippen molar-refractivity contribution in [2.45, 2.75) is 31.7 Å². The highest BCUT2D eigenvalue weighted by atomic mass is 16.5. The molecule has 1 aliphatic carbocycles. The lowest BCUT2D eigenvalue weighted by molar-refractivity contribution is -0.144. The number of morpholine rings is 1. The Bertz CT molecular complexity index is 797. The molecule has 8 heteroatoms. The molecular weight excluding hydrogens is 410 g/mol. The Morgan fingerprint density at radius 3 is 2.19 bits per heavy atom. The molecule has 1 saturated carbocycles. The molecule has 1 aromatic rings. The number of carbonyl (C=O) groups is 2. The molecule has 32 heavy (non-hydrogen) atoms. The maximum atomic E-state index is 13.5. The van der Waals surface area contributed by atoms with Crippen LogP contribution in [0.4, 0.5) is 0 Å². The minimum Gasteiger partial charge on any atom is -0.493 e. The van der Waals surface area contributed by atoms with Gasteiger partial charge in [-0.15, -0.1) is 0 Å². The highest BCUT2D eigenvalue weighted by Crippen LogP contribution is 2.32. The van der Waals surface area contributed by atoms with Crippen LogP contribution in [0.3, 0.4) is 0 Å². The largest absolute Gasteiger partial charge is 0.493 e. The number of amides is 2. The summed E-state index contributed by atoms with van der Waals surface area (Å²) in [6.07, 6.45) is 4.64. The molecule has 8 nitrogen and oxygen atoms in total. The van der Waals surface area contributed by atoms with E-state index in [-0.39, 0.29) is 17.9 Å². The first-order valence-corrected chi connectivity index (χ1v) is 11.7. The van der Waals surface area contributed by atoms with Crippen LogP contribution in [-0.4, -0.2) is 99.3 Å². The summed E-state index contributed by atoms with van der Waals surface area (Å²) in [7, 11) is 3.15. The third kappa shape index (κ3) is 4.86. The molecule has 3 aliphatic rings. The van der Waals surface area contributed by atoms with Crippen LogP contribution in [0.1, 0.15) is 36.0 Å². The van der Waals surface area contributed by atoms with Crippen LogP contribution in [0.2, 0.25) is 0 Å². The van der Waals surface area contributed by atoms with Crippen LogP contribution < -0.4 is 9.47 Å². The maximum Gasteiger partial charge on any atom is 0.254 e. The molecule has 2 heterocycles. The molecule has 2 saturated heterocycles. The van der Waals surface area contributed by atoms with E-state index < -0.39 is 0 Å². The van der Waals surface area contributed by atoms with Gasteiger partial charge in [0.15, 0.2) is 11.5 Å². The van der Waals surface area contributed by atoms with Crippen LogP contribution in [0, 0.1) is 5.92 Å². The summed E-state index contributed by atoms with van der Waals surface area (Å²) < 4.78 is 16.1. The Kier molecular flexibility index (Phi) is 7.52. The summed E-state index contributed by atoms with van der Waals surface area (Å²) in [4.78, 5) is 32.8. The van der Waals surface area contributed by atoms with Crippen molar-refractivity contribution in [3.8, 4) is 11.5 Å². The van der Waals surface area contributed by atoms with E-state index in [0.29, 0.717) is 62.4 Å². The van der Waals surface area contributed by atoms with Crippen LogP contribution >= 0.6 is 0 Å². The number of hydrogen-bond donors (Lipinski definition) is 0. The van der Waals surface area contributed by atoms with E-state index in [1.165, 1.54) is 12.8 Å². The van der Waals surface area contributed by atoms with Crippen molar-refractivity contribution in [1.82, 2.24) is 14.7 Å². The zero-order valence-electron chi connectivity index (χ0n) is 19.3. The molecule has 0 radical (unpaired) electrons. The molecule has 3 fully saturated rings. The maximum absolute atomic E-state index is 13.5. The Labute approximate surface area is 190 Å². The molecule has 1 unspecified atom stereocenters.